The van der Waals surface area contributed by atoms with Crippen LogP contribution in [0.2, 0.25) is 0 Å². The van der Waals surface area contributed by atoms with Crippen LogP contribution in [0.4, 0.5) is 11.9 Å². The average Bonchev–Trinajstić information content (AvgIpc) is 1.99. The van der Waals surface area contributed by atoms with Crippen LogP contribution in [0.1, 0.15) is 5.82 Å². The third-order valence-corrected chi connectivity index (χ3v) is 2.16. The van der Waals surface area contributed by atoms with E-state index in [2.05, 4.69) is 32.2 Å². The number of aromatic nitrogens is 3. The minimum Gasteiger partial charge on any atom is -0.368 e. The molecule has 0 atom stereocenters. The minimum atomic E-state index is 0.271. The second-order valence-electron chi connectivity index (χ2n) is 3.63. The summed E-state index contributed by atoms with van der Waals surface area (Å²) in [5, 5.41) is 3.21. The average molecular weight is 194 g/mol. The van der Waals surface area contributed by atoms with Crippen molar-refractivity contribution in [1.82, 2.24) is 19.9 Å². The molecule has 1 saturated heterocycles. The van der Waals surface area contributed by atoms with E-state index in [1.165, 1.54) is 0 Å². The van der Waals surface area contributed by atoms with Gasteiger partial charge in [-0.05, 0) is 14.0 Å². The summed E-state index contributed by atoms with van der Waals surface area (Å²) < 4.78 is 0. The van der Waals surface area contributed by atoms with Crippen molar-refractivity contribution in [3.05, 3.63) is 5.82 Å². The number of likely N-dealkylation sites (tertiary alicyclic amines) is 1. The van der Waals surface area contributed by atoms with Gasteiger partial charge in [-0.25, -0.2) is 0 Å². The molecular weight excluding hydrogens is 180 g/mol. The lowest BCUT2D eigenvalue weighted by atomic mass is 10.1. The molecule has 3 N–H and O–H groups in total. The summed E-state index contributed by atoms with van der Waals surface area (Å²) in [5.74, 6) is 1.49. The van der Waals surface area contributed by atoms with Crippen LogP contribution < -0.4 is 11.1 Å². The first kappa shape index (κ1) is 9.14. The van der Waals surface area contributed by atoms with Crippen molar-refractivity contribution in [2.24, 2.45) is 0 Å². The molecule has 1 aliphatic heterocycles. The van der Waals surface area contributed by atoms with Crippen LogP contribution in [0.15, 0.2) is 0 Å². The number of anilines is 2. The summed E-state index contributed by atoms with van der Waals surface area (Å²) in [6.45, 7) is 3.84. The standard InChI is InChI=1S/C8H14N6/c1-5-10-7(9)13-8(11-5)12-6-3-14(2)4-6/h6H,3-4H2,1-2H3,(H3,9,10,11,12,13). The molecule has 0 radical (unpaired) electrons. The summed E-state index contributed by atoms with van der Waals surface area (Å²) in [7, 11) is 2.07. The summed E-state index contributed by atoms with van der Waals surface area (Å²) in [6, 6.07) is 0.432. The maximum atomic E-state index is 5.51. The molecule has 0 aromatic carbocycles. The van der Waals surface area contributed by atoms with Crippen molar-refractivity contribution < 1.29 is 0 Å². The van der Waals surface area contributed by atoms with E-state index in [4.69, 9.17) is 5.73 Å². The number of hydrogen-bond acceptors (Lipinski definition) is 6. The smallest absolute Gasteiger partial charge is 0.228 e. The molecule has 0 saturated carbocycles. The number of aryl methyl sites for hydroxylation is 1. The van der Waals surface area contributed by atoms with Crippen molar-refractivity contribution in [3.63, 3.8) is 0 Å². The highest BCUT2D eigenvalue weighted by atomic mass is 15.3. The molecule has 14 heavy (non-hydrogen) atoms. The molecule has 1 aromatic rings. The lowest BCUT2D eigenvalue weighted by Crippen LogP contribution is -2.52. The van der Waals surface area contributed by atoms with Gasteiger partial charge in [-0.1, -0.05) is 0 Å². The van der Waals surface area contributed by atoms with Gasteiger partial charge < -0.3 is 16.0 Å². The maximum absolute atomic E-state index is 5.51. The zero-order chi connectivity index (χ0) is 10.1. The number of rotatable bonds is 2. The molecule has 1 aromatic heterocycles. The molecular formula is C8H14N6. The van der Waals surface area contributed by atoms with E-state index in [1.807, 2.05) is 0 Å². The number of nitrogen functional groups attached to an aromatic ring is 1. The normalized spacial score (nSPS) is 17.9. The van der Waals surface area contributed by atoms with E-state index in [9.17, 15) is 0 Å². The van der Waals surface area contributed by atoms with Gasteiger partial charge in [0.15, 0.2) is 0 Å². The fraction of sp³-hybridized carbons (Fsp3) is 0.625. The number of nitrogens with two attached hydrogens (primary N) is 1. The molecule has 1 aliphatic rings. The summed E-state index contributed by atoms with van der Waals surface area (Å²) in [6.07, 6.45) is 0. The van der Waals surface area contributed by atoms with Gasteiger partial charge in [0.25, 0.3) is 0 Å². The lowest BCUT2D eigenvalue weighted by molar-refractivity contribution is 0.204. The van der Waals surface area contributed by atoms with Gasteiger partial charge in [-0.2, -0.15) is 15.0 Å². The Morgan fingerprint density at radius 2 is 2.07 bits per heavy atom. The Hall–Kier alpha value is -1.43. The maximum Gasteiger partial charge on any atom is 0.228 e. The second-order valence-corrected chi connectivity index (χ2v) is 3.63. The third kappa shape index (κ3) is 1.90. The highest BCUT2D eigenvalue weighted by Gasteiger charge is 2.23. The van der Waals surface area contributed by atoms with Gasteiger partial charge in [0.05, 0.1) is 6.04 Å². The SMILES string of the molecule is Cc1nc(N)nc(NC2CN(C)C2)n1. The first-order valence-electron chi connectivity index (χ1n) is 4.57. The topological polar surface area (TPSA) is 80.0 Å². The van der Waals surface area contributed by atoms with Gasteiger partial charge in [0, 0.05) is 13.1 Å². The molecule has 1 fully saturated rings. The quantitative estimate of drug-likeness (QED) is 0.660. The molecule has 0 spiro atoms. The third-order valence-electron chi connectivity index (χ3n) is 2.16. The number of nitrogens with zero attached hydrogens (tertiary/aromatic N) is 4. The Morgan fingerprint density at radius 1 is 1.36 bits per heavy atom. The van der Waals surface area contributed by atoms with Crippen LogP contribution >= 0.6 is 0 Å². The molecule has 2 rings (SSSR count). The molecule has 0 bridgehead atoms. The predicted molar refractivity (Wildman–Crippen MR) is 53.9 cm³/mol. The summed E-state index contributed by atoms with van der Waals surface area (Å²) in [4.78, 5) is 14.3. The van der Waals surface area contributed by atoms with Crippen LogP contribution in [0.5, 0.6) is 0 Å². The van der Waals surface area contributed by atoms with Gasteiger partial charge >= 0.3 is 0 Å². The molecule has 0 amide bonds. The Balaban J connectivity index is 2.02. The van der Waals surface area contributed by atoms with Crippen LogP contribution in [0.25, 0.3) is 0 Å². The summed E-state index contributed by atoms with van der Waals surface area (Å²) >= 11 is 0. The van der Waals surface area contributed by atoms with Gasteiger partial charge in [0.2, 0.25) is 11.9 Å². The highest BCUT2D eigenvalue weighted by molar-refractivity contribution is 5.32. The van der Waals surface area contributed by atoms with Gasteiger partial charge in [-0.3, -0.25) is 0 Å². The first-order valence-corrected chi connectivity index (χ1v) is 4.57. The van der Waals surface area contributed by atoms with Crippen LogP contribution in [-0.2, 0) is 0 Å². The summed E-state index contributed by atoms with van der Waals surface area (Å²) in [5.41, 5.74) is 5.51. The van der Waals surface area contributed by atoms with E-state index in [-0.39, 0.29) is 5.95 Å². The van der Waals surface area contributed by atoms with Crippen molar-refractivity contribution in [3.8, 4) is 0 Å². The zero-order valence-electron chi connectivity index (χ0n) is 8.36. The van der Waals surface area contributed by atoms with Crippen LogP contribution in [0, 0.1) is 6.92 Å². The number of hydrogen-bond donors (Lipinski definition) is 2. The molecule has 6 nitrogen and oxygen atoms in total. The number of nitrogens with one attached hydrogen (secondary N) is 1. The molecule has 6 heteroatoms. The predicted octanol–water partition coefficient (Wildman–Crippen LogP) is -0.512. The van der Waals surface area contributed by atoms with E-state index in [1.54, 1.807) is 6.92 Å². The van der Waals surface area contributed by atoms with Gasteiger partial charge in [-0.15, -0.1) is 0 Å². The molecule has 0 aliphatic carbocycles. The largest absolute Gasteiger partial charge is 0.368 e. The molecule has 76 valence electrons. The fourth-order valence-electron chi connectivity index (χ4n) is 1.54. The van der Waals surface area contributed by atoms with Gasteiger partial charge in [0.1, 0.15) is 5.82 Å². The van der Waals surface area contributed by atoms with Crippen LogP contribution in [-0.4, -0.2) is 46.0 Å². The van der Waals surface area contributed by atoms with Crippen molar-refractivity contribution in [2.45, 2.75) is 13.0 Å². The van der Waals surface area contributed by atoms with Crippen molar-refractivity contribution in [1.29, 1.82) is 0 Å². The fourth-order valence-corrected chi connectivity index (χ4v) is 1.54. The Bertz CT molecular complexity index is 312. The van der Waals surface area contributed by atoms with Crippen LogP contribution in [0.3, 0.4) is 0 Å². The Morgan fingerprint density at radius 3 is 2.64 bits per heavy atom. The van der Waals surface area contributed by atoms with E-state index in [0.29, 0.717) is 17.8 Å². The van der Waals surface area contributed by atoms with E-state index in [0.717, 1.165) is 13.1 Å². The first-order chi connectivity index (χ1) is 6.63. The van der Waals surface area contributed by atoms with Crippen molar-refractivity contribution >= 4 is 11.9 Å². The minimum absolute atomic E-state index is 0.271. The van der Waals surface area contributed by atoms with E-state index >= 15 is 0 Å². The Labute approximate surface area is 82.6 Å². The zero-order valence-corrected chi connectivity index (χ0v) is 8.36. The highest BCUT2D eigenvalue weighted by Crippen LogP contribution is 2.10. The Kier molecular flexibility index (Phi) is 2.20. The molecule has 2 heterocycles. The van der Waals surface area contributed by atoms with Crippen molar-refractivity contribution in [2.75, 3.05) is 31.2 Å². The second kappa shape index (κ2) is 3.38. The number of likely N-dealkylation sites (N-methyl/N-ethyl adjacent to an activating group) is 1. The lowest BCUT2D eigenvalue weighted by Gasteiger charge is -2.36. The molecule has 0 unspecified atom stereocenters. The monoisotopic (exact) mass is 194 g/mol. The van der Waals surface area contributed by atoms with E-state index < -0.39 is 0 Å².